The van der Waals surface area contributed by atoms with Crippen LogP contribution in [0, 0.1) is 17.8 Å². The van der Waals surface area contributed by atoms with E-state index < -0.39 is 6.10 Å². The fourth-order valence-electron chi connectivity index (χ4n) is 8.05. The summed E-state index contributed by atoms with van der Waals surface area (Å²) < 4.78 is 16.8. The number of carbonyl (C=O) groups excluding carboxylic acids is 3. The van der Waals surface area contributed by atoms with Gasteiger partial charge in [0.2, 0.25) is 0 Å². The molecule has 60 heavy (non-hydrogen) atoms. The molecule has 0 saturated heterocycles. The van der Waals surface area contributed by atoms with E-state index in [0.29, 0.717) is 19.3 Å². The van der Waals surface area contributed by atoms with E-state index in [1.807, 2.05) is 0 Å². The Morgan fingerprint density at radius 3 is 0.867 bits per heavy atom. The Morgan fingerprint density at radius 2 is 0.583 bits per heavy atom. The molecule has 6 nitrogen and oxygen atoms in total. The van der Waals surface area contributed by atoms with Crippen LogP contribution in [-0.4, -0.2) is 37.2 Å². The summed E-state index contributed by atoms with van der Waals surface area (Å²) in [5, 5.41) is 0. The third kappa shape index (κ3) is 44.5. The summed E-state index contributed by atoms with van der Waals surface area (Å²) in [7, 11) is 0. The van der Waals surface area contributed by atoms with Crippen LogP contribution < -0.4 is 0 Å². The maximum absolute atomic E-state index is 12.8. The van der Waals surface area contributed by atoms with E-state index in [4.69, 9.17) is 14.2 Å². The molecule has 0 aliphatic carbocycles. The van der Waals surface area contributed by atoms with E-state index >= 15 is 0 Å². The molecule has 2 unspecified atom stereocenters. The molecular formula is C54H104O6. The highest BCUT2D eigenvalue weighted by atomic mass is 16.6. The van der Waals surface area contributed by atoms with Crippen molar-refractivity contribution in [2.75, 3.05) is 13.2 Å². The normalized spacial score (nSPS) is 13.1. The summed E-state index contributed by atoms with van der Waals surface area (Å²) in [6.45, 7) is 13.7. The Kier molecular flexibility index (Phi) is 44.2. The van der Waals surface area contributed by atoms with Gasteiger partial charge in [-0.1, -0.05) is 253 Å². The Hall–Kier alpha value is -1.59. The van der Waals surface area contributed by atoms with Crippen molar-refractivity contribution >= 4 is 17.9 Å². The molecule has 0 spiro atoms. The Labute approximate surface area is 374 Å². The lowest BCUT2D eigenvalue weighted by Gasteiger charge is -2.18. The standard InChI is InChI=1S/C54H104O6/c1-7-49(5)41-35-29-23-19-15-11-9-10-12-16-20-24-31-37-43-52(55)58-46-51(60-54(57)45-39-33-27-26-30-36-42-50(6)8-2)47-59-53(56)44-38-32-25-21-17-13-14-18-22-28-34-40-48(3)4/h48-51H,7-47H2,1-6H3/t49?,50?,51-/m0/s1. The largest absolute Gasteiger partial charge is 0.462 e. The van der Waals surface area contributed by atoms with E-state index in [-0.39, 0.29) is 31.1 Å². The Bertz CT molecular complexity index is 933. The van der Waals surface area contributed by atoms with Gasteiger partial charge in [0.05, 0.1) is 0 Å². The molecule has 0 N–H and O–H groups in total. The number of hydrogen-bond donors (Lipinski definition) is 0. The van der Waals surface area contributed by atoms with Crippen LogP contribution in [0.25, 0.3) is 0 Å². The SMILES string of the molecule is CCC(C)CCCCCCCCCCCCCCCCC(=O)OC[C@@H](COC(=O)CCCCCCCCCCCCCC(C)C)OC(=O)CCCCCCCCC(C)CC. The zero-order valence-corrected chi connectivity index (χ0v) is 41.3. The van der Waals surface area contributed by atoms with Crippen molar-refractivity contribution in [3.05, 3.63) is 0 Å². The molecule has 0 aromatic heterocycles. The molecule has 0 saturated carbocycles. The molecule has 0 bridgehead atoms. The molecule has 0 radical (unpaired) electrons. The first-order valence-electron chi connectivity index (χ1n) is 26.7. The van der Waals surface area contributed by atoms with Gasteiger partial charge in [-0.15, -0.1) is 0 Å². The fraction of sp³-hybridized carbons (Fsp3) is 0.944. The topological polar surface area (TPSA) is 78.9 Å². The number of carbonyl (C=O) groups is 3. The molecule has 3 atom stereocenters. The third-order valence-electron chi connectivity index (χ3n) is 12.9. The fourth-order valence-corrected chi connectivity index (χ4v) is 8.05. The van der Waals surface area contributed by atoms with Crippen LogP contribution in [0.1, 0.15) is 292 Å². The van der Waals surface area contributed by atoms with Crippen LogP contribution in [0.4, 0.5) is 0 Å². The minimum absolute atomic E-state index is 0.0653. The third-order valence-corrected chi connectivity index (χ3v) is 12.9. The molecule has 356 valence electrons. The van der Waals surface area contributed by atoms with Gasteiger partial charge >= 0.3 is 17.9 Å². The minimum atomic E-state index is -0.763. The van der Waals surface area contributed by atoms with Gasteiger partial charge in [0, 0.05) is 19.3 Å². The lowest BCUT2D eigenvalue weighted by molar-refractivity contribution is -0.167. The van der Waals surface area contributed by atoms with Gasteiger partial charge < -0.3 is 14.2 Å². The summed E-state index contributed by atoms with van der Waals surface area (Å²) >= 11 is 0. The highest BCUT2D eigenvalue weighted by Crippen LogP contribution is 2.18. The van der Waals surface area contributed by atoms with Gasteiger partial charge in [0.25, 0.3) is 0 Å². The van der Waals surface area contributed by atoms with Gasteiger partial charge in [-0.25, -0.2) is 0 Å². The summed E-state index contributed by atoms with van der Waals surface area (Å²) in [6, 6.07) is 0. The molecule has 6 heteroatoms. The maximum Gasteiger partial charge on any atom is 0.306 e. The van der Waals surface area contributed by atoms with Crippen molar-refractivity contribution in [3.63, 3.8) is 0 Å². The van der Waals surface area contributed by atoms with Crippen molar-refractivity contribution < 1.29 is 28.6 Å². The molecule has 0 aliphatic heterocycles. The second kappa shape index (κ2) is 45.4. The number of esters is 3. The van der Waals surface area contributed by atoms with Crippen LogP contribution in [-0.2, 0) is 28.6 Å². The molecule has 0 rings (SSSR count). The number of rotatable bonds is 47. The van der Waals surface area contributed by atoms with Crippen molar-refractivity contribution in [2.24, 2.45) is 17.8 Å². The lowest BCUT2D eigenvalue weighted by atomic mass is 9.99. The average molecular weight is 849 g/mol. The van der Waals surface area contributed by atoms with E-state index in [0.717, 1.165) is 75.5 Å². The number of hydrogen-bond acceptors (Lipinski definition) is 6. The average Bonchev–Trinajstić information content (AvgIpc) is 3.23. The van der Waals surface area contributed by atoms with Crippen LogP contribution in [0.2, 0.25) is 0 Å². The molecule has 0 amide bonds. The molecule has 0 aromatic carbocycles. The van der Waals surface area contributed by atoms with Crippen molar-refractivity contribution in [3.8, 4) is 0 Å². The van der Waals surface area contributed by atoms with Gasteiger partial charge in [-0.05, 0) is 37.0 Å². The monoisotopic (exact) mass is 849 g/mol. The first-order valence-corrected chi connectivity index (χ1v) is 26.7. The van der Waals surface area contributed by atoms with Crippen LogP contribution in [0.5, 0.6) is 0 Å². The zero-order chi connectivity index (χ0) is 44.2. The Balaban J connectivity index is 4.26. The highest BCUT2D eigenvalue weighted by Gasteiger charge is 2.19. The number of ether oxygens (including phenoxy) is 3. The smallest absolute Gasteiger partial charge is 0.306 e. The summed E-state index contributed by atoms with van der Waals surface area (Å²) in [5.41, 5.74) is 0. The minimum Gasteiger partial charge on any atom is -0.462 e. The second-order valence-electron chi connectivity index (χ2n) is 19.5. The molecule has 0 heterocycles. The summed E-state index contributed by atoms with van der Waals surface area (Å²) in [5.74, 6) is 1.68. The number of unbranched alkanes of at least 4 members (excludes halogenated alkanes) is 28. The van der Waals surface area contributed by atoms with Gasteiger partial charge in [-0.2, -0.15) is 0 Å². The second-order valence-corrected chi connectivity index (χ2v) is 19.5. The van der Waals surface area contributed by atoms with Crippen LogP contribution in [0.15, 0.2) is 0 Å². The van der Waals surface area contributed by atoms with Gasteiger partial charge in [0.15, 0.2) is 6.10 Å². The zero-order valence-electron chi connectivity index (χ0n) is 41.3. The Morgan fingerprint density at radius 1 is 0.333 bits per heavy atom. The maximum atomic E-state index is 12.8. The molecule has 0 aromatic rings. The molecule has 0 aliphatic rings. The quantitative estimate of drug-likeness (QED) is 0.0345. The van der Waals surface area contributed by atoms with Crippen molar-refractivity contribution in [1.29, 1.82) is 0 Å². The predicted molar refractivity (Wildman–Crippen MR) is 256 cm³/mol. The summed E-state index contributed by atoms with van der Waals surface area (Å²) in [4.78, 5) is 37.9. The van der Waals surface area contributed by atoms with Gasteiger partial charge in [0.1, 0.15) is 13.2 Å². The highest BCUT2D eigenvalue weighted by molar-refractivity contribution is 5.71. The van der Waals surface area contributed by atoms with Crippen molar-refractivity contribution in [2.45, 2.75) is 298 Å². The summed E-state index contributed by atoms with van der Waals surface area (Å²) in [6.07, 6.45) is 45.2. The lowest BCUT2D eigenvalue weighted by Crippen LogP contribution is -2.30. The first-order chi connectivity index (χ1) is 29.2. The van der Waals surface area contributed by atoms with Crippen LogP contribution >= 0.6 is 0 Å². The van der Waals surface area contributed by atoms with E-state index in [1.54, 1.807) is 0 Å². The van der Waals surface area contributed by atoms with Crippen molar-refractivity contribution in [1.82, 2.24) is 0 Å². The molecular weight excluding hydrogens is 745 g/mol. The van der Waals surface area contributed by atoms with E-state index in [2.05, 4.69) is 41.5 Å². The van der Waals surface area contributed by atoms with E-state index in [1.165, 1.54) is 173 Å². The van der Waals surface area contributed by atoms with Gasteiger partial charge in [-0.3, -0.25) is 14.4 Å². The van der Waals surface area contributed by atoms with E-state index in [9.17, 15) is 14.4 Å². The predicted octanol–water partition coefficient (Wildman–Crippen LogP) is 17.2. The molecule has 0 fully saturated rings. The first kappa shape index (κ1) is 58.4. The van der Waals surface area contributed by atoms with Crippen LogP contribution in [0.3, 0.4) is 0 Å².